The second kappa shape index (κ2) is 8.27. The topological polar surface area (TPSA) is 68.0 Å². The first kappa shape index (κ1) is 18.6. The van der Waals surface area contributed by atoms with E-state index in [0.717, 1.165) is 17.8 Å². The number of aromatic nitrogens is 1. The van der Waals surface area contributed by atoms with Gasteiger partial charge in [-0.15, -0.1) is 23.7 Å². The summed E-state index contributed by atoms with van der Waals surface area (Å²) < 4.78 is 0. The lowest BCUT2D eigenvalue weighted by molar-refractivity contribution is 0.0904. The summed E-state index contributed by atoms with van der Waals surface area (Å²) in [5.41, 5.74) is 6.97. The van der Waals surface area contributed by atoms with Crippen molar-refractivity contribution in [1.82, 2.24) is 10.3 Å². The van der Waals surface area contributed by atoms with Crippen LogP contribution in [0.4, 0.5) is 0 Å². The first-order valence-electron chi connectivity index (χ1n) is 7.01. The Hall–Kier alpha value is -1.43. The maximum Gasteiger partial charge on any atom is 0.271 e. The normalized spacial score (nSPS) is 10.9. The third-order valence-corrected chi connectivity index (χ3v) is 4.16. The second-order valence-electron chi connectivity index (χ2n) is 5.65. The Kier molecular flexibility index (Phi) is 7.00. The third-order valence-electron chi connectivity index (χ3n) is 3.29. The maximum absolute atomic E-state index is 12.2. The summed E-state index contributed by atoms with van der Waals surface area (Å²) in [4.78, 5) is 16.4. The van der Waals surface area contributed by atoms with Crippen LogP contribution in [0.25, 0.3) is 0 Å². The number of carbonyl (C=O) groups is 1. The molecule has 3 N–H and O–H groups in total. The lowest BCUT2D eigenvalue weighted by atomic mass is 9.95. The van der Waals surface area contributed by atoms with Crippen molar-refractivity contribution in [2.75, 3.05) is 0 Å². The summed E-state index contributed by atoms with van der Waals surface area (Å²) in [5.74, 6) is -0.135. The Morgan fingerprint density at radius 1 is 1.32 bits per heavy atom. The maximum atomic E-state index is 12.2. The lowest BCUT2D eigenvalue weighted by Crippen LogP contribution is -2.43. The number of nitrogens with two attached hydrogens (primary N) is 1. The molecule has 22 heavy (non-hydrogen) atoms. The Balaban J connectivity index is 0.00000242. The van der Waals surface area contributed by atoms with Gasteiger partial charge >= 0.3 is 0 Å². The predicted molar refractivity (Wildman–Crippen MR) is 93.6 cm³/mol. The van der Waals surface area contributed by atoms with Crippen molar-refractivity contribution in [3.63, 3.8) is 0 Å². The van der Waals surface area contributed by atoms with Crippen molar-refractivity contribution in [2.45, 2.75) is 38.8 Å². The van der Waals surface area contributed by atoms with Gasteiger partial charge in [0.05, 0.1) is 0 Å². The highest BCUT2D eigenvalue weighted by Crippen LogP contribution is 2.15. The van der Waals surface area contributed by atoms with Gasteiger partial charge in [0.2, 0.25) is 0 Å². The summed E-state index contributed by atoms with van der Waals surface area (Å²) in [6.45, 7) is 4.43. The first-order valence-corrected chi connectivity index (χ1v) is 7.89. The number of hydrogen-bond donors (Lipinski definition) is 2. The van der Waals surface area contributed by atoms with Crippen LogP contribution < -0.4 is 11.1 Å². The molecule has 0 saturated heterocycles. The third kappa shape index (κ3) is 5.40. The van der Waals surface area contributed by atoms with E-state index in [1.165, 1.54) is 16.9 Å². The number of halogens is 1. The molecule has 0 spiro atoms. The Bertz CT molecular complexity index is 598. The number of thiazole rings is 1. The zero-order valence-corrected chi connectivity index (χ0v) is 14.5. The minimum absolute atomic E-state index is 0. The molecule has 0 bridgehead atoms. The van der Waals surface area contributed by atoms with Crippen LogP contribution in [-0.4, -0.2) is 16.4 Å². The highest BCUT2D eigenvalue weighted by atomic mass is 35.5. The van der Waals surface area contributed by atoms with Crippen molar-refractivity contribution < 1.29 is 4.79 Å². The van der Waals surface area contributed by atoms with E-state index in [2.05, 4.69) is 22.4 Å². The summed E-state index contributed by atoms with van der Waals surface area (Å²) >= 11 is 1.42. The number of aryl methyl sites for hydroxylation is 1. The Morgan fingerprint density at radius 3 is 2.59 bits per heavy atom. The molecule has 0 radical (unpaired) electrons. The van der Waals surface area contributed by atoms with Crippen LogP contribution >= 0.6 is 23.7 Å². The summed E-state index contributed by atoms with van der Waals surface area (Å²) in [5, 5.41) is 5.58. The molecule has 1 aromatic heterocycles. The highest BCUT2D eigenvalue weighted by molar-refractivity contribution is 7.09. The standard InChI is InChI=1S/C16H21N3OS.ClH/c1-16(2,9-8-12-6-4-3-5-7-12)19-15(20)13-11-21-14(10-17)18-13;/h3-7,11H,8-10,17H2,1-2H3,(H,19,20);1H. The molecule has 6 heteroatoms. The van der Waals surface area contributed by atoms with Gasteiger partial charge in [0.25, 0.3) is 5.91 Å². The molecular formula is C16H22ClN3OS. The van der Waals surface area contributed by atoms with E-state index < -0.39 is 0 Å². The molecule has 0 aliphatic carbocycles. The molecular weight excluding hydrogens is 318 g/mol. The molecule has 1 amide bonds. The summed E-state index contributed by atoms with van der Waals surface area (Å²) in [7, 11) is 0. The van der Waals surface area contributed by atoms with E-state index in [1.807, 2.05) is 32.0 Å². The largest absolute Gasteiger partial charge is 0.346 e. The van der Waals surface area contributed by atoms with Crippen LogP contribution in [0.1, 0.15) is 41.3 Å². The van der Waals surface area contributed by atoms with E-state index in [0.29, 0.717) is 12.2 Å². The highest BCUT2D eigenvalue weighted by Gasteiger charge is 2.22. The number of nitrogens with zero attached hydrogens (tertiary/aromatic N) is 1. The predicted octanol–water partition coefficient (Wildman–Crippen LogP) is 3.16. The fourth-order valence-corrected chi connectivity index (χ4v) is 2.70. The smallest absolute Gasteiger partial charge is 0.271 e. The fraction of sp³-hybridized carbons (Fsp3) is 0.375. The molecule has 2 rings (SSSR count). The number of carbonyl (C=O) groups excluding carboxylic acids is 1. The number of amides is 1. The second-order valence-corrected chi connectivity index (χ2v) is 6.60. The number of nitrogens with one attached hydrogen (secondary N) is 1. The van der Waals surface area contributed by atoms with Crippen LogP contribution in [0.3, 0.4) is 0 Å². The zero-order chi connectivity index (χ0) is 15.3. The molecule has 0 fully saturated rings. The molecule has 0 aliphatic heterocycles. The van der Waals surface area contributed by atoms with E-state index in [9.17, 15) is 4.79 Å². The van der Waals surface area contributed by atoms with E-state index in [-0.39, 0.29) is 23.9 Å². The average molecular weight is 340 g/mol. The molecule has 4 nitrogen and oxygen atoms in total. The zero-order valence-electron chi connectivity index (χ0n) is 12.8. The number of rotatable bonds is 6. The molecule has 1 aromatic carbocycles. The van der Waals surface area contributed by atoms with Gasteiger partial charge in [-0.1, -0.05) is 30.3 Å². The minimum atomic E-state index is -0.278. The van der Waals surface area contributed by atoms with Crippen LogP contribution in [0.5, 0.6) is 0 Å². The van der Waals surface area contributed by atoms with E-state index >= 15 is 0 Å². The van der Waals surface area contributed by atoms with Gasteiger partial charge in [-0.05, 0) is 32.3 Å². The quantitative estimate of drug-likeness (QED) is 0.849. The van der Waals surface area contributed by atoms with E-state index in [4.69, 9.17) is 5.73 Å². The molecule has 0 atom stereocenters. The van der Waals surface area contributed by atoms with E-state index in [1.54, 1.807) is 5.38 Å². The van der Waals surface area contributed by atoms with Gasteiger partial charge in [-0.25, -0.2) is 4.98 Å². The van der Waals surface area contributed by atoms with Crippen LogP contribution in [-0.2, 0) is 13.0 Å². The molecule has 1 heterocycles. The Labute approximate surface area is 141 Å². The molecule has 0 unspecified atom stereocenters. The van der Waals surface area contributed by atoms with Gasteiger partial charge < -0.3 is 11.1 Å². The summed E-state index contributed by atoms with van der Waals surface area (Å²) in [6.07, 6.45) is 1.80. The van der Waals surface area contributed by atoms with Gasteiger partial charge in [0, 0.05) is 17.5 Å². The first-order chi connectivity index (χ1) is 10.00. The minimum Gasteiger partial charge on any atom is -0.346 e. The van der Waals surface area contributed by atoms with Gasteiger partial charge in [0.1, 0.15) is 10.7 Å². The molecule has 120 valence electrons. The Morgan fingerprint density at radius 2 is 2.00 bits per heavy atom. The molecule has 0 aliphatic rings. The summed E-state index contributed by atoms with van der Waals surface area (Å²) in [6, 6.07) is 10.3. The SMILES string of the molecule is CC(C)(CCc1ccccc1)NC(=O)c1csc(CN)n1.Cl. The molecule has 0 saturated carbocycles. The van der Waals surface area contributed by atoms with Gasteiger partial charge in [-0.3, -0.25) is 4.79 Å². The number of hydrogen-bond acceptors (Lipinski definition) is 4. The average Bonchev–Trinajstić information content (AvgIpc) is 2.95. The monoisotopic (exact) mass is 339 g/mol. The van der Waals surface area contributed by atoms with Crippen molar-refractivity contribution in [3.05, 3.63) is 52.0 Å². The number of benzene rings is 1. The fourth-order valence-electron chi connectivity index (χ4n) is 2.04. The molecule has 2 aromatic rings. The van der Waals surface area contributed by atoms with Crippen molar-refractivity contribution in [1.29, 1.82) is 0 Å². The van der Waals surface area contributed by atoms with Crippen molar-refractivity contribution in [3.8, 4) is 0 Å². The van der Waals surface area contributed by atoms with Crippen molar-refractivity contribution >= 4 is 29.7 Å². The lowest BCUT2D eigenvalue weighted by Gasteiger charge is -2.26. The van der Waals surface area contributed by atoms with Crippen LogP contribution in [0.15, 0.2) is 35.7 Å². The van der Waals surface area contributed by atoms with Gasteiger partial charge in [-0.2, -0.15) is 0 Å². The van der Waals surface area contributed by atoms with Crippen LogP contribution in [0.2, 0.25) is 0 Å². The van der Waals surface area contributed by atoms with Crippen LogP contribution in [0, 0.1) is 0 Å². The van der Waals surface area contributed by atoms with Gasteiger partial charge in [0.15, 0.2) is 0 Å². The van der Waals surface area contributed by atoms with Crippen molar-refractivity contribution in [2.24, 2.45) is 5.73 Å².